The second kappa shape index (κ2) is 3.93. The summed E-state index contributed by atoms with van der Waals surface area (Å²) in [4.78, 5) is 10.3. The van der Waals surface area contributed by atoms with Gasteiger partial charge in [-0.05, 0) is 12.8 Å². The van der Waals surface area contributed by atoms with Crippen molar-refractivity contribution in [3.63, 3.8) is 0 Å². The van der Waals surface area contributed by atoms with Crippen LogP contribution in [0.15, 0.2) is 0 Å². The van der Waals surface area contributed by atoms with E-state index in [1.807, 2.05) is 0 Å². The van der Waals surface area contributed by atoms with E-state index in [4.69, 9.17) is 0 Å². The van der Waals surface area contributed by atoms with Crippen molar-refractivity contribution >= 4 is 16.4 Å². The van der Waals surface area contributed by atoms with Gasteiger partial charge in [-0.2, -0.15) is 12.7 Å². The zero-order chi connectivity index (χ0) is 9.90. The summed E-state index contributed by atoms with van der Waals surface area (Å²) in [6, 6.07) is 0. The van der Waals surface area contributed by atoms with Crippen LogP contribution in [-0.2, 0) is 14.5 Å². The van der Waals surface area contributed by atoms with Gasteiger partial charge in [0.2, 0.25) is 0 Å². The van der Waals surface area contributed by atoms with Crippen molar-refractivity contribution in [2.75, 3.05) is 13.1 Å². The van der Waals surface area contributed by atoms with E-state index < -0.39 is 16.4 Å². The first-order chi connectivity index (χ1) is 6.02. The monoisotopic (exact) mass is 208 g/mol. The molecular formula is C6H12N2O4S. The summed E-state index contributed by atoms with van der Waals surface area (Å²) < 4.78 is 27.5. The first-order valence-corrected chi connectivity index (χ1v) is 5.38. The van der Waals surface area contributed by atoms with Gasteiger partial charge in [-0.15, -0.1) is 0 Å². The van der Waals surface area contributed by atoms with Crippen molar-refractivity contribution < 1.29 is 17.4 Å². The molecule has 0 saturated carbocycles. The lowest BCUT2D eigenvalue weighted by Gasteiger charge is -2.23. The fourth-order valence-electron chi connectivity index (χ4n) is 1.24. The number of piperidine rings is 1. The fourth-order valence-corrected chi connectivity index (χ4v) is 2.26. The average Bonchev–Trinajstić information content (AvgIpc) is 2.04. The zero-order valence-electron chi connectivity index (χ0n) is 7.10. The highest BCUT2D eigenvalue weighted by Gasteiger charge is 2.26. The Labute approximate surface area is 76.9 Å². The van der Waals surface area contributed by atoms with Crippen molar-refractivity contribution in [3.05, 3.63) is 0 Å². The minimum atomic E-state index is -3.92. The molecule has 7 heteroatoms. The smallest absolute Gasteiger partial charge is 0.334 e. The van der Waals surface area contributed by atoms with Crippen LogP contribution in [0.4, 0.5) is 4.79 Å². The molecule has 0 bridgehead atoms. The number of carbonyl (C=O) groups excluding carboxylic acids is 1. The highest BCUT2D eigenvalue weighted by Crippen LogP contribution is 2.13. The van der Waals surface area contributed by atoms with E-state index in [9.17, 15) is 13.2 Å². The number of hydrogen-bond donors (Lipinski definition) is 1. The molecule has 0 spiro atoms. The van der Waals surface area contributed by atoms with E-state index in [1.165, 1.54) is 0 Å². The SMILES string of the molecule is NC(=O)OS(=O)(=O)N1CCCCC1. The summed E-state index contributed by atoms with van der Waals surface area (Å²) in [7, 11) is -3.92. The van der Waals surface area contributed by atoms with E-state index in [-0.39, 0.29) is 0 Å². The van der Waals surface area contributed by atoms with Gasteiger partial charge in [-0.1, -0.05) is 6.42 Å². The molecule has 0 radical (unpaired) electrons. The van der Waals surface area contributed by atoms with Crippen LogP contribution in [0.5, 0.6) is 0 Å². The lowest BCUT2D eigenvalue weighted by Crippen LogP contribution is -2.38. The molecule has 0 aromatic rings. The Hall–Kier alpha value is -0.820. The molecule has 1 amide bonds. The molecular weight excluding hydrogens is 196 g/mol. The van der Waals surface area contributed by atoms with Crippen molar-refractivity contribution in [2.24, 2.45) is 5.73 Å². The van der Waals surface area contributed by atoms with Crippen molar-refractivity contribution in [2.45, 2.75) is 19.3 Å². The largest absolute Gasteiger partial charge is 0.421 e. The van der Waals surface area contributed by atoms with E-state index in [0.29, 0.717) is 13.1 Å². The van der Waals surface area contributed by atoms with Gasteiger partial charge in [0.1, 0.15) is 0 Å². The van der Waals surface area contributed by atoms with Gasteiger partial charge in [0.25, 0.3) is 0 Å². The Bertz CT molecular complexity index is 281. The Balaban J connectivity index is 2.62. The number of hydrogen-bond acceptors (Lipinski definition) is 4. The van der Waals surface area contributed by atoms with Crippen molar-refractivity contribution in [3.8, 4) is 0 Å². The van der Waals surface area contributed by atoms with E-state index in [0.717, 1.165) is 23.6 Å². The highest BCUT2D eigenvalue weighted by atomic mass is 32.2. The van der Waals surface area contributed by atoms with Crippen LogP contribution in [0.3, 0.4) is 0 Å². The molecule has 2 N–H and O–H groups in total. The lowest BCUT2D eigenvalue weighted by atomic mass is 10.2. The van der Waals surface area contributed by atoms with E-state index >= 15 is 0 Å². The van der Waals surface area contributed by atoms with Crippen LogP contribution < -0.4 is 5.73 Å². The third-order valence-electron chi connectivity index (χ3n) is 1.82. The molecule has 0 atom stereocenters. The fraction of sp³-hybridized carbons (Fsp3) is 0.833. The summed E-state index contributed by atoms with van der Waals surface area (Å²) in [6.45, 7) is 0.797. The number of amides is 1. The Kier molecular flexibility index (Phi) is 3.10. The van der Waals surface area contributed by atoms with E-state index in [2.05, 4.69) is 9.92 Å². The topological polar surface area (TPSA) is 89.7 Å². The summed E-state index contributed by atoms with van der Waals surface area (Å²) >= 11 is 0. The lowest BCUT2D eigenvalue weighted by molar-refractivity contribution is 0.204. The van der Waals surface area contributed by atoms with Crippen molar-refractivity contribution in [1.29, 1.82) is 0 Å². The zero-order valence-corrected chi connectivity index (χ0v) is 7.92. The summed E-state index contributed by atoms with van der Waals surface area (Å²) in [6.07, 6.45) is 1.30. The predicted octanol–water partition coefficient (Wildman–Crippen LogP) is -0.188. The summed E-state index contributed by atoms with van der Waals surface area (Å²) in [5, 5.41) is 0. The first kappa shape index (κ1) is 10.3. The molecule has 1 aliphatic rings. The molecule has 1 heterocycles. The number of rotatable bonds is 2. The quantitative estimate of drug-likeness (QED) is 0.681. The molecule has 0 aliphatic carbocycles. The maximum absolute atomic E-state index is 11.2. The van der Waals surface area contributed by atoms with Gasteiger partial charge < -0.3 is 9.92 Å². The molecule has 0 unspecified atom stereocenters. The van der Waals surface area contributed by atoms with Gasteiger partial charge in [-0.25, -0.2) is 4.79 Å². The van der Waals surface area contributed by atoms with Crippen molar-refractivity contribution in [1.82, 2.24) is 4.31 Å². The number of nitrogens with two attached hydrogens (primary N) is 1. The van der Waals surface area contributed by atoms with Crippen LogP contribution in [0.2, 0.25) is 0 Å². The molecule has 6 nitrogen and oxygen atoms in total. The number of nitrogens with zero attached hydrogens (tertiary/aromatic N) is 1. The third kappa shape index (κ3) is 2.85. The highest BCUT2D eigenvalue weighted by molar-refractivity contribution is 7.84. The van der Waals surface area contributed by atoms with Crippen LogP contribution in [0, 0.1) is 0 Å². The standard InChI is InChI=1S/C6H12N2O4S/c7-6(9)12-13(10,11)8-4-2-1-3-5-8/h1-5H2,(H2,7,9). The molecule has 1 fully saturated rings. The Morgan fingerprint density at radius 3 is 2.23 bits per heavy atom. The second-order valence-corrected chi connectivity index (χ2v) is 4.36. The van der Waals surface area contributed by atoms with Gasteiger partial charge in [0.15, 0.2) is 0 Å². The Morgan fingerprint density at radius 2 is 1.77 bits per heavy atom. The molecule has 0 aromatic carbocycles. The van der Waals surface area contributed by atoms with Crippen LogP contribution in [0.25, 0.3) is 0 Å². The van der Waals surface area contributed by atoms with Crippen LogP contribution in [0.1, 0.15) is 19.3 Å². The summed E-state index contributed by atoms with van der Waals surface area (Å²) in [5.74, 6) is 0. The maximum Gasteiger partial charge on any atom is 0.421 e. The van der Waals surface area contributed by atoms with Gasteiger partial charge in [-0.3, -0.25) is 0 Å². The molecule has 1 saturated heterocycles. The van der Waals surface area contributed by atoms with Crippen LogP contribution >= 0.6 is 0 Å². The first-order valence-electron chi connectivity index (χ1n) is 4.01. The molecule has 13 heavy (non-hydrogen) atoms. The van der Waals surface area contributed by atoms with Gasteiger partial charge >= 0.3 is 16.4 Å². The predicted molar refractivity (Wildman–Crippen MR) is 45.0 cm³/mol. The third-order valence-corrected chi connectivity index (χ3v) is 3.19. The van der Waals surface area contributed by atoms with Gasteiger partial charge in [0, 0.05) is 13.1 Å². The molecule has 1 rings (SSSR count). The number of primary amides is 1. The number of carbonyl (C=O) groups is 1. The summed E-state index contributed by atoms with van der Waals surface area (Å²) in [5.41, 5.74) is 4.62. The molecule has 0 aromatic heterocycles. The minimum Gasteiger partial charge on any atom is -0.334 e. The van der Waals surface area contributed by atoms with Crippen LogP contribution in [-0.4, -0.2) is 31.9 Å². The normalized spacial score (nSPS) is 19.7. The maximum atomic E-state index is 11.2. The Morgan fingerprint density at radius 1 is 1.23 bits per heavy atom. The second-order valence-electron chi connectivity index (χ2n) is 2.82. The molecule has 76 valence electrons. The molecule has 1 aliphatic heterocycles. The van der Waals surface area contributed by atoms with E-state index in [1.54, 1.807) is 0 Å². The minimum absolute atomic E-state index is 0.398. The average molecular weight is 208 g/mol. The van der Waals surface area contributed by atoms with Gasteiger partial charge in [0.05, 0.1) is 0 Å².